The normalized spacial score (nSPS) is 17.3. The number of carbonyl (C=O) groups excluding carboxylic acids is 1. The van der Waals surface area contributed by atoms with Crippen LogP contribution in [-0.4, -0.2) is 84.0 Å². The topological polar surface area (TPSA) is 119 Å². The molecule has 1 N–H and O–H groups in total. The number of hydrogen-bond acceptors (Lipinski definition) is 9. The largest absolute Gasteiger partial charge is 0.495 e. The van der Waals surface area contributed by atoms with Crippen LogP contribution in [0, 0.1) is 6.92 Å². The average Bonchev–Trinajstić information content (AvgIpc) is 3.65. The number of fused-ring (bicyclic) bond motifs is 2. The molecule has 2 saturated heterocycles. The minimum Gasteiger partial charge on any atom is -0.495 e. The summed E-state index contributed by atoms with van der Waals surface area (Å²) in [6, 6.07) is 13.9. The lowest BCUT2D eigenvalue weighted by molar-refractivity contribution is 0.0571. The lowest BCUT2D eigenvalue weighted by atomic mass is 10.1. The van der Waals surface area contributed by atoms with E-state index >= 15 is 0 Å². The number of piperazine rings is 1. The van der Waals surface area contributed by atoms with E-state index < -0.39 is 10.0 Å². The molecule has 1 atom stereocenters. The average molecular weight is 591 g/mol. The lowest BCUT2D eigenvalue weighted by Gasteiger charge is -2.37. The van der Waals surface area contributed by atoms with E-state index in [1.165, 1.54) is 19.7 Å². The van der Waals surface area contributed by atoms with Gasteiger partial charge in [-0.25, -0.2) is 12.4 Å². The number of aromatic nitrogens is 3. The molecule has 2 aliphatic heterocycles. The van der Waals surface area contributed by atoms with Crippen molar-refractivity contribution in [2.45, 2.75) is 37.6 Å². The molecule has 220 valence electrons. The summed E-state index contributed by atoms with van der Waals surface area (Å²) in [5, 5.41) is 3.61. The van der Waals surface area contributed by atoms with E-state index in [0.29, 0.717) is 41.6 Å². The van der Waals surface area contributed by atoms with Gasteiger partial charge in [0.2, 0.25) is 11.8 Å². The van der Waals surface area contributed by atoms with Crippen LogP contribution in [0.2, 0.25) is 0 Å². The number of nitrogens with zero attached hydrogens (tertiary/aromatic N) is 5. The SMILES string of the molecule is CCOc1nc(Nc2ccc(C(=O)N3CCN4CCC[C@@H]4C3)cc2OC)nc2c1ccn2S(=O)(=O)c1ccc(C)cc1. The molecule has 4 heterocycles. The van der Waals surface area contributed by atoms with Crippen molar-refractivity contribution in [3.8, 4) is 11.6 Å². The number of anilines is 2. The molecule has 0 radical (unpaired) electrons. The van der Waals surface area contributed by atoms with Crippen molar-refractivity contribution in [3.63, 3.8) is 0 Å². The van der Waals surface area contributed by atoms with Crippen molar-refractivity contribution in [1.29, 1.82) is 0 Å². The number of ether oxygens (including phenoxy) is 2. The van der Waals surface area contributed by atoms with Gasteiger partial charge < -0.3 is 19.7 Å². The fourth-order valence-corrected chi connectivity index (χ4v) is 6.99. The first kappa shape index (κ1) is 28.0. The number of rotatable bonds is 8. The van der Waals surface area contributed by atoms with Gasteiger partial charge in [0.05, 0.1) is 29.7 Å². The molecule has 4 aromatic rings. The second kappa shape index (κ2) is 11.3. The quantitative estimate of drug-likeness (QED) is 0.324. The van der Waals surface area contributed by atoms with Crippen LogP contribution in [0.5, 0.6) is 11.6 Å². The molecular formula is C30H34N6O5S. The van der Waals surface area contributed by atoms with E-state index in [0.717, 1.165) is 35.6 Å². The molecule has 42 heavy (non-hydrogen) atoms. The Labute approximate surface area is 245 Å². The summed E-state index contributed by atoms with van der Waals surface area (Å²) in [5.41, 5.74) is 2.19. The highest BCUT2D eigenvalue weighted by Gasteiger charge is 2.33. The summed E-state index contributed by atoms with van der Waals surface area (Å²) in [7, 11) is -2.40. The molecule has 1 amide bonds. The Balaban J connectivity index is 1.31. The minimum absolute atomic E-state index is 0.0261. The van der Waals surface area contributed by atoms with Crippen LogP contribution in [-0.2, 0) is 10.0 Å². The maximum absolute atomic E-state index is 13.5. The third-order valence-electron chi connectivity index (χ3n) is 7.90. The monoisotopic (exact) mass is 590 g/mol. The summed E-state index contributed by atoms with van der Waals surface area (Å²) in [6.45, 7) is 7.51. The lowest BCUT2D eigenvalue weighted by Crippen LogP contribution is -2.52. The molecule has 2 fully saturated rings. The highest BCUT2D eigenvalue weighted by Crippen LogP contribution is 2.33. The highest BCUT2D eigenvalue weighted by atomic mass is 32.2. The number of methoxy groups -OCH3 is 1. The van der Waals surface area contributed by atoms with Crippen LogP contribution in [0.25, 0.3) is 11.0 Å². The molecule has 0 aliphatic carbocycles. The molecule has 11 nitrogen and oxygen atoms in total. The Bertz CT molecular complexity index is 1740. The van der Waals surface area contributed by atoms with E-state index in [1.54, 1.807) is 48.5 Å². The first-order valence-corrected chi connectivity index (χ1v) is 15.5. The molecule has 0 spiro atoms. The van der Waals surface area contributed by atoms with Crippen LogP contribution < -0.4 is 14.8 Å². The van der Waals surface area contributed by atoms with Gasteiger partial charge in [-0.2, -0.15) is 9.97 Å². The maximum Gasteiger partial charge on any atom is 0.269 e. The number of carbonyl (C=O) groups is 1. The second-order valence-electron chi connectivity index (χ2n) is 10.6. The van der Waals surface area contributed by atoms with Crippen LogP contribution in [0.4, 0.5) is 11.6 Å². The van der Waals surface area contributed by atoms with Crippen molar-refractivity contribution < 1.29 is 22.7 Å². The van der Waals surface area contributed by atoms with Gasteiger partial charge in [-0.1, -0.05) is 17.7 Å². The Morgan fingerprint density at radius 2 is 1.88 bits per heavy atom. The van der Waals surface area contributed by atoms with Gasteiger partial charge in [-0.15, -0.1) is 0 Å². The fraction of sp³-hybridized carbons (Fsp3) is 0.367. The smallest absolute Gasteiger partial charge is 0.269 e. The third-order valence-corrected chi connectivity index (χ3v) is 9.58. The van der Waals surface area contributed by atoms with E-state index in [-0.39, 0.29) is 28.3 Å². The molecule has 0 saturated carbocycles. The second-order valence-corrected chi connectivity index (χ2v) is 12.4. The number of nitrogens with one attached hydrogen (secondary N) is 1. The molecular weight excluding hydrogens is 556 g/mol. The molecule has 0 bridgehead atoms. The van der Waals surface area contributed by atoms with Crippen LogP contribution in [0.1, 0.15) is 35.7 Å². The van der Waals surface area contributed by atoms with Gasteiger partial charge >= 0.3 is 0 Å². The van der Waals surface area contributed by atoms with E-state index in [4.69, 9.17) is 9.47 Å². The van der Waals surface area contributed by atoms with Gasteiger partial charge in [0, 0.05) is 37.4 Å². The van der Waals surface area contributed by atoms with Gasteiger partial charge in [0.15, 0.2) is 5.65 Å². The van der Waals surface area contributed by atoms with Crippen molar-refractivity contribution in [2.24, 2.45) is 0 Å². The first-order chi connectivity index (χ1) is 20.3. The number of aryl methyl sites for hydroxylation is 1. The van der Waals surface area contributed by atoms with Crippen molar-refractivity contribution in [2.75, 3.05) is 45.2 Å². The summed E-state index contributed by atoms with van der Waals surface area (Å²) in [6.07, 6.45) is 3.76. The minimum atomic E-state index is -3.93. The molecule has 2 aromatic carbocycles. The molecule has 0 unspecified atom stereocenters. The zero-order chi connectivity index (χ0) is 29.4. The molecule has 6 rings (SSSR count). The van der Waals surface area contributed by atoms with Gasteiger partial charge in [0.25, 0.3) is 15.9 Å². The fourth-order valence-electron chi connectivity index (χ4n) is 5.69. The summed E-state index contributed by atoms with van der Waals surface area (Å²) in [4.78, 5) is 27.0. The van der Waals surface area contributed by atoms with E-state index in [1.807, 2.05) is 18.7 Å². The van der Waals surface area contributed by atoms with Crippen molar-refractivity contribution >= 4 is 38.6 Å². The maximum atomic E-state index is 13.5. The predicted octanol–water partition coefficient (Wildman–Crippen LogP) is 4.05. The number of hydrogen-bond donors (Lipinski definition) is 1. The van der Waals surface area contributed by atoms with Crippen molar-refractivity contribution in [3.05, 3.63) is 65.9 Å². The van der Waals surface area contributed by atoms with Gasteiger partial charge in [-0.3, -0.25) is 9.69 Å². The zero-order valence-electron chi connectivity index (χ0n) is 23.9. The Morgan fingerprint density at radius 1 is 1.07 bits per heavy atom. The number of benzene rings is 2. The van der Waals surface area contributed by atoms with Crippen LogP contribution in [0.15, 0.2) is 59.6 Å². The Kier molecular flexibility index (Phi) is 7.50. The summed E-state index contributed by atoms with van der Waals surface area (Å²) < 4.78 is 39.6. The standard InChI is InChI=1S/C30H34N6O5S/c1-4-41-28-24-13-15-36(42(38,39)23-10-7-20(2)8-11-23)27(24)32-30(33-28)31-25-12-9-21(18-26(25)40-3)29(37)35-17-16-34-14-5-6-22(34)19-35/h7-13,15,18,22H,4-6,14,16-17,19H2,1-3H3,(H,31,32,33)/t22-/m1/s1. The van der Waals surface area contributed by atoms with E-state index in [9.17, 15) is 13.2 Å². The van der Waals surface area contributed by atoms with Crippen LogP contribution >= 0.6 is 0 Å². The van der Waals surface area contributed by atoms with Crippen molar-refractivity contribution in [1.82, 2.24) is 23.7 Å². The number of amides is 1. The zero-order valence-corrected chi connectivity index (χ0v) is 24.7. The molecule has 12 heteroatoms. The van der Waals surface area contributed by atoms with Crippen LogP contribution in [0.3, 0.4) is 0 Å². The van der Waals surface area contributed by atoms with E-state index in [2.05, 4.69) is 20.2 Å². The third kappa shape index (κ3) is 5.16. The first-order valence-electron chi connectivity index (χ1n) is 14.1. The Hall–Kier alpha value is -4.16. The predicted molar refractivity (Wildman–Crippen MR) is 159 cm³/mol. The van der Waals surface area contributed by atoms with Gasteiger partial charge in [0.1, 0.15) is 5.75 Å². The Morgan fingerprint density at radius 3 is 2.64 bits per heavy atom. The highest BCUT2D eigenvalue weighted by molar-refractivity contribution is 7.90. The van der Waals surface area contributed by atoms with Gasteiger partial charge in [-0.05, 0) is 69.6 Å². The summed E-state index contributed by atoms with van der Waals surface area (Å²) >= 11 is 0. The molecule has 2 aromatic heterocycles. The molecule has 2 aliphatic rings. The summed E-state index contributed by atoms with van der Waals surface area (Å²) in [5.74, 6) is 0.783.